The number of rotatable bonds is 5. The molecule has 0 bridgehead atoms. The maximum atomic E-state index is 13.2. The second-order valence-corrected chi connectivity index (χ2v) is 8.41. The van der Waals surface area contributed by atoms with Gasteiger partial charge in [-0.05, 0) is 37.3 Å². The summed E-state index contributed by atoms with van der Waals surface area (Å²) in [6, 6.07) is 16.9. The van der Waals surface area contributed by atoms with Gasteiger partial charge in [-0.15, -0.1) is 0 Å². The van der Waals surface area contributed by atoms with Gasteiger partial charge in [0.15, 0.2) is 17.3 Å². The zero-order valence-corrected chi connectivity index (χ0v) is 18.9. The highest BCUT2D eigenvalue weighted by molar-refractivity contribution is 6.31. The minimum atomic E-state index is -0.435. The molecule has 1 aromatic heterocycles. The molecule has 0 atom stereocenters. The van der Waals surface area contributed by atoms with Crippen LogP contribution in [0.5, 0.6) is 11.5 Å². The van der Waals surface area contributed by atoms with Crippen molar-refractivity contribution in [2.24, 2.45) is 0 Å². The summed E-state index contributed by atoms with van der Waals surface area (Å²) < 4.78 is 12.2. The van der Waals surface area contributed by atoms with E-state index >= 15 is 0 Å². The van der Waals surface area contributed by atoms with Crippen LogP contribution in [0.25, 0.3) is 10.9 Å². The summed E-state index contributed by atoms with van der Waals surface area (Å²) in [5, 5.41) is 3.44. The summed E-state index contributed by atoms with van der Waals surface area (Å²) in [6.45, 7) is 1.93. The fourth-order valence-corrected chi connectivity index (χ4v) is 4.02. The van der Waals surface area contributed by atoms with Crippen molar-refractivity contribution in [1.29, 1.82) is 0 Å². The van der Waals surface area contributed by atoms with Crippen LogP contribution in [-0.4, -0.2) is 23.1 Å². The molecule has 2 heterocycles. The molecule has 8 heteroatoms. The number of aryl methyl sites for hydroxylation is 1. The van der Waals surface area contributed by atoms with Crippen molar-refractivity contribution < 1.29 is 19.1 Å². The van der Waals surface area contributed by atoms with Gasteiger partial charge in [0.05, 0.1) is 11.1 Å². The smallest absolute Gasteiger partial charge is 0.244 e. The molecule has 7 nitrogen and oxygen atoms in total. The maximum Gasteiger partial charge on any atom is 0.244 e. The van der Waals surface area contributed by atoms with Crippen molar-refractivity contribution in [2.45, 2.75) is 13.5 Å². The first-order chi connectivity index (χ1) is 16.4. The number of carbonyl (C=O) groups is 2. The van der Waals surface area contributed by atoms with E-state index in [1.807, 2.05) is 19.1 Å². The van der Waals surface area contributed by atoms with Crippen LogP contribution in [0.1, 0.15) is 21.5 Å². The number of aromatic nitrogens is 1. The minimum absolute atomic E-state index is 0.0329. The van der Waals surface area contributed by atoms with Crippen molar-refractivity contribution in [3.63, 3.8) is 0 Å². The lowest BCUT2D eigenvalue weighted by Gasteiger charge is -2.14. The van der Waals surface area contributed by atoms with Gasteiger partial charge in [0, 0.05) is 33.9 Å². The Bertz CT molecular complexity index is 1510. The Morgan fingerprint density at radius 1 is 1.00 bits per heavy atom. The number of pyridine rings is 1. The Balaban J connectivity index is 1.51. The molecule has 0 saturated heterocycles. The molecule has 0 radical (unpaired) electrons. The van der Waals surface area contributed by atoms with E-state index < -0.39 is 11.2 Å². The summed E-state index contributed by atoms with van der Waals surface area (Å²) in [5.41, 5.74) is 1.96. The number of nitrogens with one attached hydrogen (secondary N) is 1. The first kappa shape index (κ1) is 21.7. The lowest BCUT2D eigenvalue weighted by molar-refractivity contribution is -0.116. The minimum Gasteiger partial charge on any atom is -0.454 e. The number of hydrogen-bond donors (Lipinski definition) is 1. The van der Waals surface area contributed by atoms with E-state index in [0.717, 1.165) is 5.56 Å². The summed E-state index contributed by atoms with van der Waals surface area (Å²) in [5.74, 6) is 0.400. The largest absolute Gasteiger partial charge is 0.454 e. The molecule has 1 aliphatic heterocycles. The number of halogens is 1. The highest BCUT2D eigenvalue weighted by atomic mass is 35.5. The number of carbonyl (C=O) groups excluding carboxylic acids is 2. The van der Waals surface area contributed by atoms with Crippen LogP contribution in [0.3, 0.4) is 0 Å². The third kappa shape index (κ3) is 4.13. The van der Waals surface area contributed by atoms with Gasteiger partial charge < -0.3 is 19.4 Å². The highest BCUT2D eigenvalue weighted by Gasteiger charge is 2.19. The third-order valence-corrected chi connectivity index (χ3v) is 5.81. The second-order valence-electron chi connectivity index (χ2n) is 7.97. The van der Waals surface area contributed by atoms with Crippen LogP contribution in [-0.2, 0) is 11.3 Å². The number of fused-ring (bicyclic) bond motifs is 2. The predicted molar refractivity (Wildman–Crippen MR) is 129 cm³/mol. The van der Waals surface area contributed by atoms with Crippen LogP contribution in [0.2, 0.25) is 5.02 Å². The van der Waals surface area contributed by atoms with Crippen LogP contribution < -0.4 is 20.2 Å². The molecular formula is C26H19ClN2O5. The van der Waals surface area contributed by atoms with Gasteiger partial charge in [-0.1, -0.05) is 41.4 Å². The topological polar surface area (TPSA) is 86.6 Å². The third-order valence-electron chi connectivity index (χ3n) is 5.57. The van der Waals surface area contributed by atoms with Crippen LogP contribution in [0.15, 0.2) is 71.7 Å². The Morgan fingerprint density at radius 3 is 2.56 bits per heavy atom. The number of amides is 1. The van der Waals surface area contributed by atoms with E-state index in [4.69, 9.17) is 21.1 Å². The lowest BCUT2D eigenvalue weighted by Crippen LogP contribution is -2.24. The summed E-state index contributed by atoms with van der Waals surface area (Å²) in [6.07, 6.45) is 1.43. The zero-order chi connectivity index (χ0) is 23.8. The Hall–Kier alpha value is -4.10. The molecule has 170 valence electrons. The number of hydrogen-bond acceptors (Lipinski definition) is 5. The number of nitrogens with zero attached hydrogens (tertiary/aromatic N) is 1. The molecule has 1 aliphatic rings. The maximum absolute atomic E-state index is 13.2. The molecule has 1 N–H and O–H groups in total. The Kier molecular flexibility index (Phi) is 5.55. The van der Waals surface area contributed by atoms with Crippen molar-refractivity contribution in [2.75, 3.05) is 12.1 Å². The standard InChI is InChI=1S/C26H19ClN2O5/c1-15-2-4-16(5-3-15)25(31)20-12-29(21-8-6-17(27)10-19(21)26(20)32)13-24(30)28-18-7-9-22-23(11-18)34-14-33-22/h2-12H,13-14H2,1H3,(H,28,30). The molecule has 0 unspecified atom stereocenters. The summed E-state index contributed by atoms with van der Waals surface area (Å²) in [4.78, 5) is 39.2. The van der Waals surface area contributed by atoms with Crippen molar-refractivity contribution in [3.8, 4) is 11.5 Å². The quantitative estimate of drug-likeness (QED) is 0.428. The van der Waals surface area contributed by atoms with E-state index in [9.17, 15) is 14.4 Å². The number of ether oxygens (including phenoxy) is 2. The zero-order valence-electron chi connectivity index (χ0n) is 18.1. The lowest BCUT2D eigenvalue weighted by atomic mass is 10.0. The molecule has 0 spiro atoms. The average Bonchev–Trinajstić information content (AvgIpc) is 3.29. The van der Waals surface area contributed by atoms with Gasteiger partial charge in [-0.25, -0.2) is 0 Å². The fourth-order valence-electron chi connectivity index (χ4n) is 3.85. The summed E-state index contributed by atoms with van der Waals surface area (Å²) >= 11 is 6.13. The molecule has 34 heavy (non-hydrogen) atoms. The van der Waals surface area contributed by atoms with E-state index in [0.29, 0.717) is 33.3 Å². The van der Waals surface area contributed by atoms with E-state index in [-0.39, 0.29) is 30.2 Å². The SMILES string of the molecule is Cc1ccc(C(=O)c2cn(CC(=O)Nc3ccc4c(c3)OCO4)c3ccc(Cl)cc3c2=O)cc1. The number of ketones is 1. The fraction of sp³-hybridized carbons (Fsp3) is 0.115. The van der Waals surface area contributed by atoms with Gasteiger partial charge in [-0.3, -0.25) is 14.4 Å². The van der Waals surface area contributed by atoms with Crippen molar-refractivity contribution in [1.82, 2.24) is 4.57 Å². The van der Waals surface area contributed by atoms with Crippen molar-refractivity contribution in [3.05, 3.63) is 98.8 Å². The summed E-state index contributed by atoms with van der Waals surface area (Å²) in [7, 11) is 0. The first-order valence-electron chi connectivity index (χ1n) is 10.5. The Labute approximate surface area is 199 Å². The molecule has 3 aromatic carbocycles. The van der Waals surface area contributed by atoms with Gasteiger partial charge in [0.25, 0.3) is 0 Å². The predicted octanol–water partition coefficient (Wildman–Crippen LogP) is 4.56. The first-order valence-corrected chi connectivity index (χ1v) is 10.9. The molecule has 5 rings (SSSR count). The molecule has 1 amide bonds. The molecular weight excluding hydrogens is 456 g/mol. The molecule has 0 saturated carbocycles. The van der Waals surface area contributed by atoms with E-state index in [1.165, 1.54) is 12.3 Å². The number of benzene rings is 3. The average molecular weight is 475 g/mol. The second kappa shape index (κ2) is 8.68. The van der Waals surface area contributed by atoms with Gasteiger partial charge >= 0.3 is 0 Å². The molecule has 0 fully saturated rings. The monoisotopic (exact) mass is 474 g/mol. The molecule has 4 aromatic rings. The van der Waals surface area contributed by atoms with Crippen LogP contribution in [0, 0.1) is 6.92 Å². The number of anilines is 1. The van der Waals surface area contributed by atoms with Gasteiger partial charge in [0.1, 0.15) is 6.54 Å². The Morgan fingerprint density at radius 2 is 1.76 bits per heavy atom. The highest BCUT2D eigenvalue weighted by Crippen LogP contribution is 2.34. The van der Waals surface area contributed by atoms with Crippen LogP contribution >= 0.6 is 11.6 Å². The van der Waals surface area contributed by atoms with Gasteiger partial charge in [0.2, 0.25) is 18.1 Å². The van der Waals surface area contributed by atoms with Crippen molar-refractivity contribution >= 4 is 39.9 Å². The van der Waals surface area contributed by atoms with E-state index in [1.54, 1.807) is 47.0 Å². The normalized spacial score (nSPS) is 12.1. The van der Waals surface area contributed by atoms with Gasteiger partial charge in [-0.2, -0.15) is 0 Å². The van der Waals surface area contributed by atoms with Crippen LogP contribution in [0.4, 0.5) is 5.69 Å². The molecule has 0 aliphatic carbocycles. The van der Waals surface area contributed by atoms with E-state index in [2.05, 4.69) is 5.32 Å².